The molecule has 5 unspecified atom stereocenters. The molecular formula is C21H30O2. The summed E-state index contributed by atoms with van der Waals surface area (Å²) in [5.41, 5.74) is 5.45. The molecule has 0 amide bonds. The fraction of sp³-hybridized carbons (Fsp3) is 0.762. The van der Waals surface area contributed by atoms with Crippen molar-refractivity contribution in [2.24, 2.45) is 23.2 Å². The van der Waals surface area contributed by atoms with Gasteiger partial charge in [0.15, 0.2) is 0 Å². The van der Waals surface area contributed by atoms with E-state index >= 15 is 0 Å². The van der Waals surface area contributed by atoms with Crippen LogP contribution in [-0.2, 0) is 9.53 Å². The van der Waals surface area contributed by atoms with E-state index in [0.717, 1.165) is 18.3 Å². The van der Waals surface area contributed by atoms with E-state index in [2.05, 4.69) is 19.9 Å². The van der Waals surface area contributed by atoms with Crippen LogP contribution in [0.5, 0.6) is 0 Å². The van der Waals surface area contributed by atoms with Gasteiger partial charge in [0.25, 0.3) is 0 Å². The first-order valence-electron chi connectivity index (χ1n) is 9.57. The summed E-state index contributed by atoms with van der Waals surface area (Å²) in [6.07, 6.45) is 12.7. The molecule has 5 atom stereocenters. The van der Waals surface area contributed by atoms with Gasteiger partial charge in [0, 0.05) is 18.3 Å². The van der Waals surface area contributed by atoms with Crippen molar-refractivity contribution in [3.05, 3.63) is 22.8 Å². The molecule has 0 spiro atoms. The Kier molecular flexibility index (Phi) is 3.70. The van der Waals surface area contributed by atoms with Crippen LogP contribution in [0, 0.1) is 23.2 Å². The van der Waals surface area contributed by atoms with Crippen molar-refractivity contribution in [2.45, 2.75) is 78.2 Å². The first kappa shape index (κ1) is 15.5. The van der Waals surface area contributed by atoms with Crippen molar-refractivity contribution in [3.63, 3.8) is 0 Å². The Morgan fingerprint density at radius 3 is 2.87 bits per heavy atom. The topological polar surface area (TPSA) is 26.3 Å². The minimum atomic E-state index is -0.108. The fourth-order valence-electron chi connectivity index (χ4n) is 6.11. The molecule has 4 aliphatic rings. The molecule has 23 heavy (non-hydrogen) atoms. The zero-order valence-electron chi connectivity index (χ0n) is 14.9. The minimum absolute atomic E-state index is 0.108. The van der Waals surface area contributed by atoms with E-state index in [1.54, 1.807) is 23.6 Å². The van der Waals surface area contributed by atoms with Crippen LogP contribution < -0.4 is 0 Å². The van der Waals surface area contributed by atoms with Gasteiger partial charge >= 0.3 is 5.97 Å². The van der Waals surface area contributed by atoms with Crippen molar-refractivity contribution >= 4 is 5.97 Å². The molecule has 2 heteroatoms. The van der Waals surface area contributed by atoms with E-state index in [1.807, 2.05) is 0 Å². The Morgan fingerprint density at radius 1 is 1.26 bits per heavy atom. The van der Waals surface area contributed by atoms with Gasteiger partial charge in [0.2, 0.25) is 0 Å². The summed E-state index contributed by atoms with van der Waals surface area (Å²) in [5.74, 6) is 2.12. The molecule has 0 heterocycles. The van der Waals surface area contributed by atoms with Gasteiger partial charge in [-0.3, -0.25) is 4.79 Å². The van der Waals surface area contributed by atoms with E-state index in [0.29, 0.717) is 5.92 Å². The predicted octanol–water partition coefficient (Wildman–Crippen LogP) is 5.19. The Hall–Kier alpha value is -1.05. The molecule has 4 rings (SSSR count). The van der Waals surface area contributed by atoms with Crippen LogP contribution in [0.3, 0.4) is 0 Å². The Labute approximate surface area is 140 Å². The highest BCUT2D eigenvalue weighted by molar-refractivity contribution is 5.66. The smallest absolute Gasteiger partial charge is 0.302 e. The molecule has 2 fully saturated rings. The minimum Gasteiger partial charge on any atom is -0.462 e. The molecule has 0 saturated heterocycles. The average Bonchev–Trinajstić information content (AvgIpc) is 2.83. The van der Waals surface area contributed by atoms with Crippen molar-refractivity contribution < 1.29 is 9.53 Å². The van der Waals surface area contributed by atoms with Crippen LogP contribution >= 0.6 is 0 Å². The summed E-state index contributed by atoms with van der Waals surface area (Å²) >= 11 is 0. The zero-order valence-corrected chi connectivity index (χ0v) is 14.9. The third kappa shape index (κ3) is 2.40. The van der Waals surface area contributed by atoms with Gasteiger partial charge in [-0.25, -0.2) is 0 Å². The second kappa shape index (κ2) is 5.50. The highest BCUT2D eigenvalue weighted by atomic mass is 16.5. The number of hydrogen-bond donors (Lipinski definition) is 0. The molecule has 126 valence electrons. The Morgan fingerprint density at radius 2 is 2.09 bits per heavy atom. The predicted molar refractivity (Wildman–Crippen MR) is 91.9 cm³/mol. The molecule has 2 nitrogen and oxygen atoms in total. The van der Waals surface area contributed by atoms with Gasteiger partial charge in [-0.05, 0) is 63.2 Å². The summed E-state index contributed by atoms with van der Waals surface area (Å²) < 4.78 is 5.71. The molecule has 0 bridgehead atoms. The van der Waals surface area contributed by atoms with Gasteiger partial charge < -0.3 is 4.74 Å². The van der Waals surface area contributed by atoms with Crippen LogP contribution in [0.15, 0.2) is 22.8 Å². The fourth-order valence-corrected chi connectivity index (χ4v) is 6.11. The van der Waals surface area contributed by atoms with Crippen molar-refractivity contribution in [1.82, 2.24) is 0 Å². The van der Waals surface area contributed by atoms with Gasteiger partial charge in [-0.1, -0.05) is 36.6 Å². The molecule has 0 radical (unpaired) electrons. The molecule has 0 N–H and O–H groups in total. The second-order valence-corrected chi connectivity index (χ2v) is 8.71. The maximum atomic E-state index is 11.5. The Bertz CT molecular complexity index is 585. The van der Waals surface area contributed by atoms with Crippen LogP contribution in [0.25, 0.3) is 0 Å². The zero-order chi connectivity index (χ0) is 16.2. The van der Waals surface area contributed by atoms with E-state index in [1.165, 1.54) is 44.9 Å². The van der Waals surface area contributed by atoms with E-state index in [9.17, 15) is 4.79 Å². The third-order valence-corrected chi connectivity index (χ3v) is 7.29. The van der Waals surface area contributed by atoms with Gasteiger partial charge in [-0.2, -0.15) is 0 Å². The van der Waals surface area contributed by atoms with E-state index < -0.39 is 0 Å². The number of allylic oxidation sites excluding steroid dienone is 4. The van der Waals surface area contributed by atoms with Gasteiger partial charge in [-0.15, -0.1) is 0 Å². The van der Waals surface area contributed by atoms with E-state index in [4.69, 9.17) is 4.74 Å². The number of fused-ring (bicyclic) bond motifs is 4. The van der Waals surface area contributed by atoms with Gasteiger partial charge in [0.05, 0.1) is 0 Å². The summed E-state index contributed by atoms with van der Waals surface area (Å²) in [7, 11) is 0. The molecule has 0 aromatic carbocycles. The number of carbonyl (C=O) groups excluding carboxylic acids is 1. The average molecular weight is 314 g/mol. The third-order valence-electron chi connectivity index (χ3n) is 7.29. The normalized spacial score (nSPS) is 42.5. The maximum absolute atomic E-state index is 11.5. The standard InChI is InChI=1S/C21H30O2/c1-13-4-6-16-15(12-13)5-7-18-17(16)10-11-21(3)19(18)8-9-20(21)23-14(2)22/h7,13,17,19-20H,4-6,8-12H2,1-3H3. The Balaban J connectivity index is 1.60. The lowest BCUT2D eigenvalue weighted by atomic mass is 9.58. The summed E-state index contributed by atoms with van der Waals surface area (Å²) in [5, 5.41) is 0. The van der Waals surface area contributed by atoms with Crippen molar-refractivity contribution in [3.8, 4) is 0 Å². The first-order valence-corrected chi connectivity index (χ1v) is 9.57. The van der Waals surface area contributed by atoms with Gasteiger partial charge in [0.1, 0.15) is 6.10 Å². The lowest BCUT2D eigenvalue weighted by Gasteiger charge is -2.48. The molecule has 0 aromatic heterocycles. The van der Waals surface area contributed by atoms with E-state index in [-0.39, 0.29) is 17.5 Å². The summed E-state index contributed by atoms with van der Waals surface area (Å²) in [4.78, 5) is 11.5. The second-order valence-electron chi connectivity index (χ2n) is 8.71. The van der Waals surface area contributed by atoms with Crippen molar-refractivity contribution in [2.75, 3.05) is 0 Å². The lowest BCUT2D eigenvalue weighted by Crippen LogP contribution is -2.42. The molecule has 2 saturated carbocycles. The largest absolute Gasteiger partial charge is 0.462 e. The number of esters is 1. The number of rotatable bonds is 1. The monoisotopic (exact) mass is 314 g/mol. The maximum Gasteiger partial charge on any atom is 0.302 e. The van der Waals surface area contributed by atoms with Crippen LogP contribution in [0.1, 0.15) is 72.1 Å². The summed E-state index contributed by atoms with van der Waals surface area (Å²) in [6, 6.07) is 0. The van der Waals surface area contributed by atoms with Crippen LogP contribution in [-0.4, -0.2) is 12.1 Å². The highest BCUT2D eigenvalue weighted by Crippen LogP contribution is 2.60. The van der Waals surface area contributed by atoms with Crippen LogP contribution in [0.2, 0.25) is 0 Å². The van der Waals surface area contributed by atoms with Crippen molar-refractivity contribution in [1.29, 1.82) is 0 Å². The molecular weight excluding hydrogens is 284 g/mol. The summed E-state index contributed by atoms with van der Waals surface area (Å²) in [6.45, 7) is 6.34. The molecule has 0 aromatic rings. The number of hydrogen-bond acceptors (Lipinski definition) is 2. The highest BCUT2D eigenvalue weighted by Gasteiger charge is 2.54. The quantitative estimate of drug-likeness (QED) is 0.492. The lowest BCUT2D eigenvalue weighted by molar-refractivity contribution is -0.152. The van der Waals surface area contributed by atoms with Crippen LogP contribution in [0.4, 0.5) is 0 Å². The number of carbonyl (C=O) groups is 1. The molecule has 0 aliphatic heterocycles. The number of ether oxygens (including phenoxy) is 1. The first-order chi connectivity index (χ1) is 11.0. The SMILES string of the molecule is CC(=O)OC1CCC2C3=CCC4=C(CCC(C)C4)C3CCC12C. The molecule has 4 aliphatic carbocycles.